The number of aryl methyl sites for hydroxylation is 2. The average molecular weight is 399 g/mol. The molecule has 2 nitrogen and oxygen atoms in total. The van der Waals surface area contributed by atoms with Crippen LogP contribution in [0.4, 0.5) is 0 Å². The van der Waals surface area contributed by atoms with E-state index in [9.17, 15) is 10.2 Å². The third-order valence-electron chi connectivity index (χ3n) is 4.97. The molecule has 0 bridgehead atoms. The molecule has 29 heavy (non-hydrogen) atoms. The van der Waals surface area contributed by atoms with Gasteiger partial charge in [-0.05, 0) is 71.5 Å². The Morgan fingerprint density at radius 2 is 0.897 bits per heavy atom. The molecule has 0 heterocycles. The summed E-state index contributed by atoms with van der Waals surface area (Å²) < 4.78 is 0. The van der Waals surface area contributed by atoms with Crippen molar-refractivity contribution in [1.82, 2.24) is 0 Å². The van der Waals surface area contributed by atoms with Crippen LogP contribution in [0.25, 0.3) is 22.3 Å². The molecule has 0 amide bonds. The van der Waals surface area contributed by atoms with Crippen LogP contribution in [0.1, 0.15) is 11.1 Å². The third kappa shape index (κ3) is 4.01. The Bertz CT molecular complexity index is 1060. The van der Waals surface area contributed by atoms with Crippen molar-refractivity contribution in [3.63, 3.8) is 0 Å². The van der Waals surface area contributed by atoms with E-state index in [-0.39, 0.29) is 11.5 Å². The lowest BCUT2D eigenvalue weighted by Crippen LogP contribution is -1.87. The largest absolute Gasteiger partial charge is 0.506 e. The van der Waals surface area contributed by atoms with E-state index in [0.29, 0.717) is 0 Å². The first-order chi connectivity index (χ1) is 14.0. The van der Waals surface area contributed by atoms with Crippen LogP contribution in [0.15, 0.2) is 94.7 Å². The number of phenolic OH excluding ortho intramolecular Hbond substituents is 2. The topological polar surface area (TPSA) is 40.5 Å². The Labute approximate surface area is 175 Å². The van der Waals surface area contributed by atoms with Crippen LogP contribution in [0.2, 0.25) is 0 Å². The first-order valence-electron chi connectivity index (χ1n) is 9.49. The zero-order valence-electron chi connectivity index (χ0n) is 16.4. The number of benzene rings is 4. The smallest absolute Gasteiger partial charge is 0.132 e. The van der Waals surface area contributed by atoms with Gasteiger partial charge >= 0.3 is 0 Å². The lowest BCUT2D eigenvalue weighted by molar-refractivity contribution is 0.455. The highest BCUT2D eigenvalue weighted by Gasteiger charge is 2.15. The van der Waals surface area contributed by atoms with Crippen LogP contribution in [0.5, 0.6) is 11.5 Å². The molecule has 4 aromatic carbocycles. The molecule has 0 aliphatic carbocycles. The van der Waals surface area contributed by atoms with Gasteiger partial charge in [-0.1, -0.05) is 72.4 Å². The maximum absolute atomic E-state index is 10.7. The van der Waals surface area contributed by atoms with Crippen LogP contribution in [-0.2, 0) is 0 Å². The molecule has 0 fully saturated rings. The van der Waals surface area contributed by atoms with Crippen LogP contribution < -0.4 is 0 Å². The highest BCUT2D eigenvalue weighted by molar-refractivity contribution is 7.99. The Morgan fingerprint density at radius 3 is 1.28 bits per heavy atom. The summed E-state index contributed by atoms with van der Waals surface area (Å²) in [6.45, 7) is 3.80. The molecular formula is C26H22O2S. The van der Waals surface area contributed by atoms with E-state index in [1.807, 2.05) is 74.5 Å². The van der Waals surface area contributed by atoms with Crippen molar-refractivity contribution in [2.75, 3.05) is 0 Å². The van der Waals surface area contributed by atoms with E-state index in [1.165, 1.54) is 11.8 Å². The average Bonchev–Trinajstić information content (AvgIpc) is 2.75. The minimum Gasteiger partial charge on any atom is -0.506 e. The standard InChI is InChI=1S/C26H22O2S/c1-17-13-21(19-9-5-3-6-10-19)15-23(25(17)27)29-24-16-22(14-18(2)26(24)28)20-11-7-4-8-12-20/h3-16,27-28H,1-2H3. The third-order valence-corrected chi connectivity index (χ3v) is 6.03. The van der Waals surface area contributed by atoms with Gasteiger partial charge < -0.3 is 10.2 Å². The summed E-state index contributed by atoms with van der Waals surface area (Å²) in [6.07, 6.45) is 0. The van der Waals surface area contributed by atoms with Crippen LogP contribution in [0.3, 0.4) is 0 Å². The van der Waals surface area contributed by atoms with E-state index in [4.69, 9.17) is 0 Å². The summed E-state index contributed by atoms with van der Waals surface area (Å²) in [5, 5.41) is 21.3. The van der Waals surface area contributed by atoms with E-state index in [0.717, 1.165) is 43.2 Å². The van der Waals surface area contributed by atoms with Gasteiger partial charge in [0.15, 0.2) is 0 Å². The van der Waals surface area contributed by atoms with Gasteiger partial charge in [0.2, 0.25) is 0 Å². The molecule has 0 aliphatic rings. The predicted octanol–water partition coefficient (Wildman–Crippen LogP) is 7.20. The van der Waals surface area contributed by atoms with Crippen LogP contribution in [-0.4, -0.2) is 10.2 Å². The molecule has 4 aromatic rings. The van der Waals surface area contributed by atoms with E-state index < -0.39 is 0 Å². The van der Waals surface area contributed by atoms with Gasteiger partial charge in [-0.15, -0.1) is 0 Å². The van der Waals surface area contributed by atoms with Crippen LogP contribution in [0, 0.1) is 13.8 Å². The van der Waals surface area contributed by atoms with Gasteiger partial charge in [-0.2, -0.15) is 0 Å². The molecule has 0 aliphatic heterocycles. The number of rotatable bonds is 4. The van der Waals surface area contributed by atoms with Crippen molar-refractivity contribution in [3.05, 3.63) is 96.1 Å². The van der Waals surface area contributed by atoms with Crippen molar-refractivity contribution in [1.29, 1.82) is 0 Å². The molecule has 0 spiro atoms. The summed E-state index contributed by atoms with van der Waals surface area (Å²) in [7, 11) is 0. The highest BCUT2D eigenvalue weighted by Crippen LogP contribution is 2.44. The fourth-order valence-corrected chi connectivity index (χ4v) is 4.49. The monoisotopic (exact) mass is 398 g/mol. The fraction of sp³-hybridized carbons (Fsp3) is 0.0769. The Kier molecular flexibility index (Phi) is 5.32. The van der Waals surface area contributed by atoms with Crippen molar-refractivity contribution in [2.24, 2.45) is 0 Å². The molecular weight excluding hydrogens is 376 g/mol. The minimum atomic E-state index is 0.247. The second-order valence-electron chi connectivity index (χ2n) is 7.11. The number of hydrogen-bond donors (Lipinski definition) is 2. The van der Waals surface area contributed by atoms with Gasteiger partial charge in [0.1, 0.15) is 11.5 Å². The Balaban J connectivity index is 1.78. The van der Waals surface area contributed by atoms with Crippen molar-refractivity contribution >= 4 is 11.8 Å². The highest BCUT2D eigenvalue weighted by atomic mass is 32.2. The van der Waals surface area contributed by atoms with Gasteiger partial charge in [0, 0.05) is 0 Å². The minimum absolute atomic E-state index is 0.247. The summed E-state index contributed by atoms with van der Waals surface area (Å²) in [5.41, 5.74) is 5.89. The predicted molar refractivity (Wildman–Crippen MR) is 121 cm³/mol. The number of hydrogen-bond acceptors (Lipinski definition) is 3. The number of aromatic hydroxyl groups is 2. The molecule has 2 N–H and O–H groups in total. The van der Waals surface area contributed by atoms with Gasteiger partial charge in [-0.25, -0.2) is 0 Å². The van der Waals surface area contributed by atoms with Gasteiger partial charge in [-0.3, -0.25) is 0 Å². The van der Waals surface area contributed by atoms with Crippen LogP contribution >= 0.6 is 11.8 Å². The Hall–Kier alpha value is -3.17. The second-order valence-corrected chi connectivity index (χ2v) is 8.20. The summed E-state index contributed by atoms with van der Waals surface area (Å²) >= 11 is 1.39. The second kappa shape index (κ2) is 8.06. The first kappa shape index (κ1) is 19.2. The zero-order valence-corrected chi connectivity index (χ0v) is 17.2. The molecule has 0 atom stereocenters. The molecule has 144 valence electrons. The Morgan fingerprint density at radius 1 is 0.517 bits per heavy atom. The van der Waals surface area contributed by atoms with Gasteiger partial charge in [0.25, 0.3) is 0 Å². The van der Waals surface area contributed by atoms with E-state index in [1.54, 1.807) is 0 Å². The molecule has 0 unspecified atom stereocenters. The lowest BCUT2D eigenvalue weighted by Gasteiger charge is -2.14. The first-order valence-corrected chi connectivity index (χ1v) is 10.3. The molecule has 0 radical (unpaired) electrons. The molecule has 4 rings (SSSR count). The lowest BCUT2D eigenvalue weighted by atomic mass is 10.0. The van der Waals surface area contributed by atoms with Crippen molar-refractivity contribution in [2.45, 2.75) is 23.6 Å². The molecule has 0 saturated heterocycles. The van der Waals surface area contributed by atoms with Gasteiger partial charge in [0.05, 0.1) is 9.79 Å². The maximum Gasteiger partial charge on any atom is 0.132 e. The molecule has 0 saturated carbocycles. The SMILES string of the molecule is Cc1cc(-c2ccccc2)cc(Sc2cc(-c3ccccc3)cc(C)c2O)c1O. The quantitative estimate of drug-likeness (QED) is 0.382. The summed E-state index contributed by atoms with van der Waals surface area (Å²) in [4.78, 5) is 1.45. The van der Waals surface area contributed by atoms with Crippen molar-refractivity contribution < 1.29 is 10.2 Å². The maximum atomic E-state index is 10.7. The summed E-state index contributed by atoms with van der Waals surface area (Å²) in [6, 6.07) is 28.1. The van der Waals surface area contributed by atoms with E-state index >= 15 is 0 Å². The summed E-state index contributed by atoms with van der Waals surface area (Å²) in [5.74, 6) is 0.494. The van der Waals surface area contributed by atoms with E-state index in [2.05, 4.69) is 24.3 Å². The molecule has 3 heteroatoms. The van der Waals surface area contributed by atoms with Crippen molar-refractivity contribution in [3.8, 4) is 33.8 Å². The zero-order chi connectivity index (χ0) is 20.4. The fourth-order valence-electron chi connectivity index (χ4n) is 3.36. The molecule has 0 aromatic heterocycles. The number of phenols is 2. The normalized spacial score (nSPS) is 10.8.